The normalized spacial score (nSPS) is 24.5. The van der Waals surface area contributed by atoms with Crippen LogP contribution in [0.3, 0.4) is 0 Å². The first-order valence-electron chi connectivity index (χ1n) is 10.1. The molecule has 1 N–H and O–H groups in total. The van der Waals surface area contributed by atoms with Crippen molar-refractivity contribution < 1.29 is 13.2 Å². The van der Waals surface area contributed by atoms with Crippen molar-refractivity contribution in [3.63, 3.8) is 0 Å². The Morgan fingerprint density at radius 2 is 1.68 bits per heavy atom. The molecule has 28 heavy (non-hydrogen) atoms. The molecule has 0 aromatic heterocycles. The number of benzene rings is 1. The zero-order valence-electron chi connectivity index (χ0n) is 16.6. The summed E-state index contributed by atoms with van der Waals surface area (Å²) < 4.78 is 28.0. The fraction of sp³-hybridized carbons (Fsp3) is 0.650. The summed E-state index contributed by atoms with van der Waals surface area (Å²) in [5.41, 5.74) is 0. The molecule has 0 spiro atoms. The lowest BCUT2D eigenvalue weighted by Gasteiger charge is -2.39. The number of piperazine rings is 1. The zero-order chi connectivity index (χ0) is 20.3. The molecule has 0 radical (unpaired) electrons. The van der Waals surface area contributed by atoms with Crippen molar-refractivity contribution >= 4 is 27.5 Å². The largest absolute Gasteiger partial charge is 0.340 e. The SMILES string of the molecule is CC(C)N1CCN(C(=O)[C@H]2CC[C@@H](NS(=O)(=O)c3ccccc3Cl)CC2)CC1. The Kier molecular flexibility index (Phi) is 7.02. The van der Waals surface area contributed by atoms with Crippen LogP contribution in [0.1, 0.15) is 39.5 Å². The van der Waals surface area contributed by atoms with Gasteiger partial charge in [0.25, 0.3) is 0 Å². The number of rotatable bonds is 5. The summed E-state index contributed by atoms with van der Waals surface area (Å²) in [6.45, 7) is 7.80. The Morgan fingerprint density at radius 1 is 1.07 bits per heavy atom. The number of carbonyl (C=O) groups excluding carboxylic acids is 1. The summed E-state index contributed by atoms with van der Waals surface area (Å²) in [7, 11) is -3.65. The van der Waals surface area contributed by atoms with Gasteiger partial charge in [-0.15, -0.1) is 0 Å². The lowest BCUT2D eigenvalue weighted by atomic mass is 9.85. The molecule has 3 rings (SSSR count). The average Bonchev–Trinajstić information content (AvgIpc) is 2.68. The van der Waals surface area contributed by atoms with Crippen LogP contribution in [0, 0.1) is 5.92 Å². The van der Waals surface area contributed by atoms with Gasteiger partial charge in [-0.05, 0) is 51.7 Å². The molecule has 0 unspecified atom stereocenters. The first-order valence-corrected chi connectivity index (χ1v) is 11.9. The Morgan fingerprint density at radius 3 is 2.25 bits per heavy atom. The fourth-order valence-corrected chi connectivity index (χ4v) is 5.95. The van der Waals surface area contributed by atoms with Crippen molar-refractivity contribution in [3.8, 4) is 0 Å². The number of nitrogens with one attached hydrogen (secondary N) is 1. The van der Waals surface area contributed by atoms with Crippen molar-refractivity contribution in [1.29, 1.82) is 0 Å². The summed E-state index contributed by atoms with van der Waals surface area (Å²) >= 11 is 6.03. The van der Waals surface area contributed by atoms with E-state index in [4.69, 9.17) is 11.6 Å². The minimum absolute atomic E-state index is 0.00617. The molecular weight excluding hydrogens is 398 g/mol. The summed E-state index contributed by atoms with van der Waals surface area (Å²) in [6.07, 6.45) is 2.79. The maximum Gasteiger partial charge on any atom is 0.242 e. The average molecular weight is 428 g/mol. The van der Waals surface area contributed by atoms with Gasteiger partial charge < -0.3 is 4.90 Å². The number of hydrogen-bond donors (Lipinski definition) is 1. The second kappa shape index (κ2) is 9.11. The molecule has 1 aliphatic carbocycles. The molecule has 6 nitrogen and oxygen atoms in total. The molecule has 1 aromatic carbocycles. The van der Waals surface area contributed by atoms with E-state index >= 15 is 0 Å². The molecule has 0 atom stereocenters. The summed E-state index contributed by atoms with van der Waals surface area (Å²) in [5.74, 6) is 0.238. The molecule has 0 bridgehead atoms. The van der Waals surface area contributed by atoms with Crippen molar-refractivity contribution in [2.24, 2.45) is 5.92 Å². The van der Waals surface area contributed by atoms with Gasteiger partial charge in [0.15, 0.2) is 0 Å². The second-order valence-electron chi connectivity index (χ2n) is 8.06. The smallest absolute Gasteiger partial charge is 0.242 e. The van der Waals surface area contributed by atoms with E-state index in [1.807, 2.05) is 4.90 Å². The van der Waals surface area contributed by atoms with Gasteiger partial charge in [-0.2, -0.15) is 0 Å². The number of hydrogen-bond acceptors (Lipinski definition) is 4. The van der Waals surface area contributed by atoms with E-state index in [1.54, 1.807) is 18.2 Å². The standard InChI is InChI=1S/C20H30ClN3O3S/c1-15(2)23-11-13-24(14-12-23)20(25)16-7-9-17(10-8-16)22-28(26,27)19-6-4-3-5-18(19)21/h3-6,15-17,22H,7-14H2,1-2H3/t16-,17+. The third-order valence-electron chi connectivity index (χ3n) is 5.88. The molecule has 1 saturated carbocycles. The third kappa shape index (κ3) is 5.06. The summed E-state index contributed by atoms with van der Waals surface area (Å²) in [4.78, 5) is 17.3. The predicted octanol–water partition coefficient (Wildman–Crippen LogP) is 2.73. The van der Waals surface area contributed by atoms with E-state index in [1.165, 1.54) is 6.07 Å². The minimum Gasteiger partial charge on any atom is -0.340 e. The second-order valence-corrected chi connectivity index (χ2v) is 10.1. The highest BCUT2D eigenvalue weighted by atomic mass is 35.5. The van der Waals surface area contributed by atoms with Gasteiger partial charge in [-0.1, -0.05) is 23.7 Å². The quantitative estimate of drug-likeness (QED) is 0.784. The van der Waals surface area contributed by atoms with Crippen LogP contribution >= 0.6 is 11.6 Å². The molecule has 1 saturated heterocycles. The Bertz CT molecular complexity index is 784. The van der Waals surface area contributed by atoms with Crippen molar-refractivity contribution in [2.75, 3.05) is 26.2 Å². The summed E-state index contributed by atoms with van der Waals surface area (Å²) in [6, 6.07) is 6.82. The van der Waals surface area contributed by atoms with Gasteiger partial charge >= 0.3 is 0 Å². The van der Waals surface area contributed by atoms with Gasteiger partial charge in [-0.25, -0.2) is 13.1 Å². The van der Waals surface area contributed by atoms with Crippen molar-refractivity contribution in [1.82, 2.24) is 14.5 Å². The van der Waals surface area contributed by atoms with Crippen LogP contribution in [-0.4, -0.2) is 62.4 Å². The van der Waals surface area contributed by atoms with Crippen LogP contribution in [0.25, 0.3) is 0 Å². The van der Waals surface area contributed by atoms with E-state index in [0.717, 1.165) is 39.0 Å². The van der Waals surface area contributed by atoms with Crippen LogP contribution in [0.5, 0.6) is 0 Å². The first kappa shape index (κ1) is 21.6. The molecule has 1 amide bonds. The zero-order valence-corrected chi connectivity index (χ0v) is 18.2. The number of nitrogens with zero attached hydrogens (tertiary/aromatic N) is 2. The molecule has 8 heteroatoms. The van der Waals surface area contributed by atoms with Crippen LogP contribution < -0.4 is 4.72 Å². The predicted molar refractivity (Wildman–Crippen MR) is 111 cm³/mol. The highest BCUT2D eigenvalue weighted by Gasteiger charge is 2.33. The molecule has 2 fully saturated rings. The van der Waals surface area contributed by atoms with E-state index in [9.17, 15) is 13.2 Å². The lowest BCUT2D eigenvalue weighted by molar-refractivity contribution is -0.138. The number of carbonyl (C=O) groups is 1. The fourth-order valence-electron chi connectivity index (χ4n) is 4.12. The van der Waals surface area contributed by atoms with Gasteiger partial charge in [0, 0.05) is 44.2 Å². The highest BCUT2D eigenvalue weighted by molar-refractivity contribution is 7.89. The Balaban J connectivity index is 1.51. The van der Waals surface area contributed by atoms with Gasteiger partial charge in [0.2, 0.25) is 15.9 Å². The Labute approximate surface area is 173 Å². The van der Waals surface area contributed by atoms with Crippen LogP contribution in [0.2, 0.25) is 5.02 Å². The highest BCUT2D eigenvalue weighted by Crippen LogP contribution is 2.28. The van der Waals surface area contributed by atoms with Crippen molar-refractivity contribution in [3.05, 3.63) is 29.3 Å². The maximum absolute atomic E-state index is 12.8. The minimum atomic E-state index is -3.65. The topological polar surface area (TPSA) is 69.7 Å². The molecule has 156 valence electrons. The molecular formula is C20H30ClN3O3S. The van der Waals surface area contributed by atoms with Crippen molar-refractivity contribution in [2.45, 2.75) is 56.5 Å². The monoisotopic (exact) mass is 427 g/mol. The molecule has 1 aromatic rings. The van der Waals surface area contributed by atoms with Gasteiger partial charge in [0.05, 0.1) is 5.02 Å². The third-order valence-corrected chi connectivity index (χ3v) is 7.90. The van der Waals surface area contributed by atoms with E-state index < -0.39 is 10.0 Å². The number of amides is 1. The maximum atomic E-state index is 12.8. The van der Waals surface area contributed by atoms with Crippen LogP contribution in [0.15, 0.2) is 29.2 Å². The molecule has 1 heterocycles. The van der Waals surface area contributed by atoms with E-state index in [-0.39, 0.29) is 27.8 Å². The van der Waals surface area contributed by atoms with Gasteiger partial charge in [-0.3, -0.25) is 9.69 Å². The van der Waals surface area contributed by atoms with Crippen LogP contribution in [-0.2, 0) is 14.8 Å². The van der Waals surface area contributed by atoms with E-state index in [2.05, 4.69) is 23.5 Å². The van der Waals surface area contributed by atoms with Gasteiger partial charge in [0.1, 0.15) is 4.90 Å². The van der Waals surface area contributed by atoms with E-state index in [0.29, 0.717) is 18.9 Å². The van der Waals surface area contributed by atoms with Crippen LogP contribution in [0.4, 0.5) is 0 Å². The number of sulfonamides is 1. The first-order chi connectivity index (χ1) is 13.3. The molecule has 1 aliphatic heterocycles. The molecule has 2 aliphatic rings. The Hall–Kier alpha value is -1.15. The summed E-state index contributed by atoms with van der Waals surface area (Å²) in [5, 5.41) is 0.222. The number of halogens is 1. The lowest BCUT2D eigenvalue weighted by Crippen LogP contribution is -2.52.